The van der Waals surface area contributed by atoms with Crippen LogP contribution in [0.2, 0.25) is 0 Å². The van der Waals surface area contributed by atoms with Gasteiger partial charge in [-0.15, -0.1) is 0 Å². The van der Waals surface area contributed by atoms with Gasteiger partial charge >= 0.3 is 0 Å². The van der Waals surface area contributed by atoms with Crippen molar-refractivity contribution in [2.24, 2.45) is 0 Å². The van der Waals surface area contributed by atoms with Crippen LogP contribution in [0.5, 0.6) is 11.5 Å². The molecule has 1 unspecified atom stereocenters. The molecule has 3 N–H and O–H groups in total. The highest BCUT2D eigenvalue weighted by Gasteiger charge is 2.20. The van der Waals surface area contributed by atoms with Gasteiger partial charge in [0.05, 0.1) is 20.6 Å². The highest BCUT2D eigenvalue weighted by molar-refractivity contribution is 7.50. The lowest BCUT2D eigenvalue weighted by Gasteiger charge is -2.30. The second-order valence-corrected chi connectivity index (χ2v) is 6.52. The third-order valence-electron chi connectivity index (χ3n) is 2.82. The van der Waals surface area contributed by atoms with Crippen LogP contribution in [0.1, 0.15) is 6.42 Å². The van der Waals surface area contributed by atoms with E-state index in [-0.39, 0.29) is 17.7 Å². The van der Waals surface area contributed by atoms with Crippen LogP contribution in [-0.4, -0.2) is 41.9 Å². The van der Waals surface area contributed by atoms with E-state index in [4.69, 9.17) is 4.89 Å². The zero-order chi connectivity index (χ0) is 14.0. The van der Waals surface area contributed by atoms with Gasteiger partial charge in [-0.2, -0.15) is 0 Å². The zero-order valence-electron chi connectivity index (χ0n) is 10.4. The van der Waals surface area contributed by atoms with Crippen molar-refractivity contribution in [3.05, 3.63) is 18.2 Å². The molecule has 0 heterocycles. The topological polar surface area (TPSA) is 101 Å². The van der Waals surface area contributed by atoms with Gasteiger partial charge in [-0.3, -0.25) is 4.48 Å². The molecule has 1 aromatic carbocycles. The van der Waals surface area contributed by atoms with Crippen molar-refractivity contribution in [3.8, 4) is 11.5 Å². The van der Waals surface area contributed by atoms with Crippen LogP contribution in [0, 0.1) is 0 Å². The molecular formula is C11H18NO5P. The van der Waals surface area contributed by atoms with E-state index in [0.29, 0.717) is 17.4 Å². The van der Waals surface area contributed by atoms with E-state index < -0.39 is 7.60 Å². The van der Waals surface area contributed by atoms with Crippen LogP contribution in [0.4, 0.5) is 5.69 Å². The van der Waals surface area contributed by atoms with Crippen molar-refractivity contribution in [2.45, 2.75) is 6.42 Å². The number of phenols is 2. The number of benzene rings is 1. The quantitative estimate of drug-likeness (QED) is 0.415. The molecule has 7 heteroatoms. The first-order valence-electron chi connectivity index (χ1n) is 5.50. The fraction of sp³-hybridized carbons (Fsp3) is 0.455. The van der Waals surface area contributed by atoms with E-state index in [1.165, 1.54) is 12.1 Å². The van der Waals surface area contributed by atoms with Gasteiger partial charge in [0.1, 0.15) is 13.3 Å². The number of rotatable bonds is 5. The normalized spacial score (nSPS) is 15.3. The van der Waals surface area contributed by atoms with Crippen LogP contribution < -0.4 is 9.38 Å². The molecule has 0 saturated carbocycles. The Morgan fingerprint density at radius 3 is 2.39 bits per heavy atom. The second-order valence-electron chi connectivity index (χ2n) is 4.80. The lowest BCUT2D eigenvalue weighted by Crippen LogP contribution is -2.41. The molecule has 0 bridgehead atoms. The maximum absolute atomic E-state index is 10.7. The van der Waals surface area contributed by atoms with E-state index in [1.54, 1.807) is 6.07 Å². The standard InChI is InChI=1S/C11H18NO5P/c1-12(2,6-3-7-18(15,16)17)9-4-5-10(13)11(14)8-9/h4-5,8H,3,6-7H2,1-2H3,(H3-,13,14,15,16,17). The molecule has 18 heavy (non-hydrogen) atoms. The second kappa shape index (κ2) is 5.28. The molecule has 0 aliphatic heterocycles. The lowest BCUT2D eigenvalue weighted by molar-refractivity contribution is -0.193. The van der Waals surface area contributed by atoms with Crippen LogP contribution in [-0.2, 0) is 4.57 Å². The van der Waals surface area contributed by atoms with Crippen molar-refractivity contribution in [2.75, 3.05) is 26.8 Å². The fourth-order valence-electron chi connectivity index (χ4n) is 1.68. The molecule has 0 aliphatic rings. The predicted octanol–water partition coefficient (Wildman–Crippen LogP) is 0.600. The Kier molecular flexibility index (Phi) is 4.40. The Labute approximate surface area is 106 Å². The monoisotopic (exact) mass is 275 g/mol. The van der Waals surface area contributed by atoms with Gasteiger partial charge in [-0.25, -0.2) is 0 Å². The summed E-state index contributed by atoms with van der Waals surface area (Å²) in [7, 11) is -0.518. The van der Waals surface area contributed by atoms with Crippen molar-refractivity contribution < 1.29 is 24.6 Å². The summed E-state index contributed by atoms with van der Waals surface area (Å²) >= 11 is 0. The predicted molar refractivity (Wildman–Crippen MR) is 67.6 cm³/mol. The van der Waals surface area contributed by atoms with Crippen LogP contribution in [0.25, 0.3) is 0 Å². The lowest BCUT2D eigenvalue weighted by atomic mass is 10.2. The first-order chi connectivity index (χ1) is 8.12. The number of hydrogen-bond acceptors (Lipinski definition) is 4. The molecule has 1 atom stereocenters. The molecule has 0 amide bonds. The fourth-order valence-corrected chi connectivity index (χ4v) is 2.22. The Hall–Kier alpha value is -1.07. The minimum atomic E-state index is -4.21. The molecule has 1 rings (SSSR count). The summed E-state index contributed by atoms with van der Waals surface area (Å²) in [5.41, 5.74) is 0.740. The zero-order valence-corrected chi connectivity index (χ0v) is 11.3. The summed E-state index contributed by atoms with van der Waals surface area (Å²) in [4.78, 5) is 19.3. The summed E-state index contributed by atoms with van der Waals surface area (Å²) in [6.45, 7) is 0.483. The Bertz CT molecular complexity index is 469. The maximum Gasteiger partial charge on any atom is 0.163 e. The molecule has 1 aromatic rings. The van der Waals surface area contributed by atoms with Gasteiger partial charge < -0.3 is 24.6 Å². The SMILES string of the molecule is C[N+](C)(CCCP(=O)([O-])O)c1ccc(O)c(O)c1. The summed E-state index contributed by atoms with van der Waals surface area (Å²) in [6.07, 6.45) is 0.0463. The third-order valence-corrected chi connectivity index (χ3v) is 3.70. The minimum absolute atomic E-state index is 0.196. The van der Waals surface area contributed by atoms with E-state index in [0.717, 1.165) is 5.69 Å². The van der Waals surface area contributed by atoms with Gasteiger partial charge in [0, 0.05) is 24.7 Å². The van der Waals surface area contributed by atoms with Crippen LogP contribution in [0.15, 0.2) is 18.2 Å². The summed E-state index contributed by atoms with van der Waals surface area (Å²) in [5, 5.41) is 18.6. The molecule has 0 aromatic heterocycles. The Morgan fingerprint density at radius 1 is 1.28 bits per heavy atom. The van der Waals surface area contributed by atoms with Gasteiger partial charge in [-0.1, -0.05) is 0 Å². The summed E-state index contributed by atoms with van der Waals surface area (Å²) < 4.78 is 11.0. The average Bonchev–Trinajstić information content (AvgIpc) is 2.19. The minimum Gasteiger partial charge on any atom is -0.779 e. The number of quaternary nitrogens is 1. The largest absolute Gasteiger partial charge is 0.779 e. The summed E-state index contributed by atoms with van der Waals surface area (Å²) in [6, 6.07) is 4.48. The first kappa shape index (κ1) is 15.0. The van der Waals surface area contributed by atoms with Gasteiger partial charge in [-0.05, 0) is 6.07 Å². The number of aromatic hydroxyl groups is 2. The smallest absolute Gasteiger partial charge is 0.163 e. The van der Waals surface area contributed by atoms with Crippen molar-refractivity contribution in [1.82, 2.24) is 4.48 Å². The van der Waals surface area contributed by atoms with E-state index in [9.17, 15) is 19.7 Å². The van der Waals surface area contributed by atoms with Gasteiger partial charge in [0.15, 0.2) is 11.5 Å². The molecular weight excluding hydrogens is 257 g/mol. The average molecular weight is 275 g/mol. The van der Waals surface area contributed by atoms with Crippen molar-refractivity contribution >= 4 is 13.3 Å². The number of nitrogens with zero attached hydrogens (tertiary/aromatic N) is 1. The number of hydrogen-bond donors (Lipinski definition) is 3. The first-order valence-corrected chi connectivity index (χ1v) is 7.26. The van der Waals surface area contributed by atoms with E-state index in [2.05, 4.69) is 0 Å². The van der Waals surface area contributed by atoms with Crippen molar-refractivity contribution in [3.63, 3.8) is 0 Å². The van der Waals surface area contributed by atoms with Crippen LogP contribution >= 0.6 is 7.60 Å². The Balaban J connectivity index is 2.73. The van der Waals surface area contributed by atoms with Crippen LogP contribution in [0.3, 0.4) is 0 Å². The van der Waals surface area contributed by atoms with E-state index >= 15 is 0 Å². The van der Waals surface area contributed by atoms with Gasteiger partial charge in [0.2, 0.25) is 0 Å². The molecule has 102 valence electrons. The van der Waals surface area contributed by atoms with Gasteiger partial charge in [0.25, 0.3) is 0 Å². The molecule has 0 radical (unpaired) electrons. The third kappa shape index (κ3) is 4.31. The molecule has 0 spiro atoms. The highest BCUT2D eigenvalue weighted by atomic mass is 31.2. The molecule has 0 aliphatic carbocycles. The highest BCUT2D eigenvalue weighted by Crippen LogP contribution is 2.33. The molecule has 0 saturated heterocycles. The maximum atomic E-state index is 10.7. The van der Waals surface area contributed by atoms with E-state index in [1.807, 2.05) is 14.1 Å². The molecule has 0 fully saturated rings. The number of phenolic OH excluding ortho intramolecular Hbond substituents is 2. The molecule has 6 nitrogen and oxygen atoms in total. The summed E-state index contributed by atoms with van der Waals surface area (Å²) in [5.74, 6) is -0.409. The Morgan fingerprint density at radius 2 is 1.89 bits per heavy atom. The van der Waals surface area contributed by atoms with Crippen molar-refractivity contribution in [1.29, 1.82) is 0 Å².